The van der Waals surface area contributed by atoms with Crippen LogP contribution in [0.4, 0.5) is 5.95 Å². The fourth-order valence-corrected chi connectivity index (χ4v) is 4.38. The number of rotatable bonds is 5. The lowest BCUT2D eigenvalue weighted by Crippen LogP contribution is -2.39. The Labute approximate surface area is 158 Å². The summed E-state index contributed by atoms with van der Waals surface area (Å²) in [5, 5.41) is 3.39. The van der Waals surface area contributed by atoms with Gasteiger partial charge in [0.1, 0.15) is 5.65 Å². The predicted octanol–water partition coefficient (Wildman–Crippen LogP) is 2.06. The maximum absolute atomic E-state index is 11.4. The van der Waals surface area contributed by atoms with E-state index in [0.29, 0.717) is 5.95 Å². The van der Waals surface area contributed by atoms with Gasteiger partial charge in [-0.2, -0.15) is 0 Å². The Morgan fingerprint density at radius 3 is 2.63 bits per heavy atom. The third kappa shape index (κ3) is 4.25. The van der Waals surface area contributed by atoms with Crippen molar-refractivity contribution in [1.82, 2.24) is 24.1 Å². The molecule has 0 aromatic carbocycles. The van der Waals surface area contributed by atoms with E-state index in [4.69, 9.17) is 0 Å². The second kappa shape index (κ2) is 7.24. The third-order valence-corrected chi connectivity index (χ3v) is 5.54. The van der Waals surface area contributed by atoms with Crippen molar-refractivity contribution in [2.24, 2.45) is 0 Å². The number of hydrogen-bond donors (Lipinski definition) is 2. The number of nitrogens with one attached hydrogen (secondary N) is 2. The van der Waals surface area contributed by atoms with Crippen molar-refractivity contribution in [3.05, 3.63) is 42.9 Å². The number of fused-ring (bicyclic) bond motifs is 1. The Bertz CT molecular complexity index is 1040. The molecule has 1 saturated carbocycles. The maximum atomic E-state index is 11.4. The molecular weight excluding hydrogens is 364 g/mol. The lowest BCUT2D eigenvalue weighted by Gasteiger charge is -2.29. The summed E-state index contributed by atoms with van der Waals surface area (Å²) in [6.45, 7) is 0. The van der Waals surface area contributed by atoms with Gasteiger partial charge in [-0.1, -0.05) is 6.07 Å². The van der Waals surface area contributed by atoms with Gasteiger partial charge in [-0.05, 0) is 43.9 Å². The van der Waals surface area contributed by atoms with Crippen LogP contribution in [0.2, 0.25) is 0 Å². The highest BCUT2D eigenvalue weighted by molar-refractivity contribution is 7.88. The predicted molar refractivity (Wildman–Crippen MR) is 104 cm³/mol. The number of aromatic nitrogens is 4. The summed E-state index contributed by atoms with van der Waals surface area (Å²) in [7, 11) is -3.15. The third-order valence-electron chi connectivity index (χ3n) is 4.78. The van der Waals surface area contributed by atoms with Gasteiger partial charge < -0.3 is 5.32 Å². The normalized spacial score (nSPS) is 20.6. The molecule has 1 aliphatic carbocycles. The van der Waals surface area contributed by atoms with Crippen molar-refractivity contribution in [2.75, 3.05) is 11.6 Å². The molecule has 8 nitrogen and oxygen atoms in total. The summed E-state index contributed by atoms with van der Waals surface area (Å²) in [5.74, 6) is 0.581. The zero-order valence-electron chi connectivity index (χ0n) is 15.0. The van der Waals surface area contributed by atoms with Gasteiger partial charge >= 0.3 is 0 Å². The first-order valence-corrected chi connectivity index (χ1v) is 10.9. The van der Waals surface area contributed by atoms with E-state index in [9.17, 15) is 8.42 Å². The van der Waals surface area contributed by atoms with Crippen LogP contribution in [0.1, 0.15) is 25.7 Å². The SMILES string of the molecule is CS(=O)(=O)N[C@H]1CC[C@H](Nc2nccc(-c3cnc4ccccn34)n2)CC1. The van der Waals surface area contributed by atoms with Gasteiger partial charge in [0.15, 0.2) is 0 Å². The van der Waals surface area contributed by atoms with E-state index in [2.05, 4.69) is 25.0 Å². The largest absolute Gasteiger partial charge is 0.351 e. The summed E-state index contributed by atoms with van der Waals surface area (Å²) >= 11 is 0. The van der Waals surface area contributed by atoms with Gasteiger partial charge in [0.25, 0.3) is 0 Å². The molecule has 1 fully saturated rings. The molecule has 0 amide bonds. The highest BCUT2D eigenvalue weighted by Crippen LogP contribution is 2.23. The van der Waals surface area contributed by atoms with Gasteiger partial charge in [0.05, 0.1) is 23.8 Å². The van der Waals surface area contributed by atoms with Gasteiger partial charge in [-0.15, -0.1) is 0 Å². The van der Waals surface area contributed by atoms with Crippen molar-refractivity contribution in [2.45, 2.75) is 37.8 Å². The molecule has 9 heteroatoms. The van der Waals surface area contributed by atoms with E-state index in [1.54, 1.807) is 6.20 Å². The zero-order valence-corrected chi connectivity index (χ0v) is 15.9. The van der Waals surface area contributed by atoms with E-state index < -0.39 is 10.0 Å². The summed E-state index contributed by atoms with van der Waals surface area (Å²) in [4.78, 5) is 13.4. The minimum absolute atomic E-state index is 0.0171. The Morgan fingerprint density at radius 2 is 1.85 bits per heavy atom. The van der Waals surface area contributed by atoms with E-state index in [0.717, 1.165) is 42.7 Å². The molecule has 0 atom stereocenters. The lowest BCUT2D eigenvalue weighted by molar-refractivity contribution is 0.387. The zero-order chi connectivity index (χ0) is 18.9. The van der Waals surface area contributed by atoms with Crippen molar-refractivity contribution < 1.29 is 8.42 Å². The molecule has 0 radical (unpaired) electrons. The molecule has 3 aromatic rings. The van der Waals surface area contributed by atoms with Crippen LogP contribution in [0.3, 0.4) is 0 Å². The van der Waals surface area contributed by atoms with Gasteiger partial charge in [0.2, 0.25) is 16.0 Å². The van der Waals surface area contributed by atoms with Crippen LogP contribution in [0.5, 0.6) is 0 Å². The molecule has 0 spiro atoms. The first-order chi connectivity index (χ1) is 13.0. The number of pyridine rings is 1. The van der Waals surface area contributed by atoms with Crippen LogP contribution in [0, 0.1) is 0 Å². The van der Waals surface area contributed by atoms with E-state index in [-0.39, 0.29) is 12.1 Å². The summed E-state index contributed by atoms with van der Waals surface area (Å²) < 4.78 is 27.4. The summed E-state index contributed by atoms with van der Waals surface area (Å²) in [6.07, 6.45) is 10.1. The minimum atomic E-state index is -3.15. The molecule has 3 aromatic heterocycles. The molecule has 0 aliphatic heterocycles. The number of hydrogen-bond acceptors (Lipinski definition) is 6. The lowest BCUT2D eigenvalue weighted by atomic mass is 9.92. The molecule has 0 saturated heterocycles. The molecule has 1 aliphatic rings. The topological polar surface area (TPSA) is 101 Å². The van der Waals surface area contributed by atoms with Crippen LogP contribution in [0.25, 0.3) is 17.0 Å². The smallest absolute Gasteiger partial charge is 0.223 e. The van der Waals surface area contributed by atoms with Crippen molar-refractivity contribution in [3.8, 4) is 11.4 Å². The van der Waals surface area contributed by atoms with Crippen LogP contribution in [-0.2, 0) is 10.0 Å². The van der Waals surface area contributed by atoms with Gasteiger partial charge in [0, 0.05) is 24.5 Å². The van der Waals surface area contributed by atoms with Crippen molar-refractivity contribution >= 4 is 21.6 Å². The highest BCUT2D eigenvalue weighted by Gasteiger charge is 2.23. The monoisotopic (exact) mass is 386 g/mol. The van der Waals surface area contributed by atoms with Crippen LogP contribution >= 0.6 is 0 Å². The number of sulfonamides is 1. The molecule has 0 unspecified atom stereocenters. The van der Waals surface area contributed by atoms with Crippen molar-refractivity contribution in [3.63, 3.8) is 0 Å². The number of imidazole rings is 1. The molecule has 2 N–H and O–H groups in total. The molecule has 27 heavy (non-hydrogen) atoms. The summed E-state index contributed by atoms with van der Waals surface area (Å²) in [5.41, 5.74) is 2.59. The van der Waals surface area contributed by atoms with E-state index in [1.165, 1.54) is 6.26 Å². The van der Waals surface area contributed by atoms with E-state index in [1.807, 2.05) is 41.1 Å². The Morgan fingerprint density at radius 1 is 1.07 bits per heavy atom. The molecule has 0 bridgehead atoms. The fourth-order valence-electron chi connectivity index (χ4n) is 3.53. The number of nitrogens with zero attached hydrogens (tertiary/aromatic N) is 4. The van der Waals surface area contributed by atoms with Crippen LogP contribution in [0.15, 0.2) is 42.9 Å². The Kier molecular flexibility index (Phi) is 4.79. The molecule has 142 valence electrons. The summed E-state index contributed by atoms with van der Waals surface area (Å²) in [6, 6.07) is 7.99. The average molecular weight is 386 g/mol. The van der Waals surface area contributed by atoms with Gasteiger partial charge in [-0.3, -0.25) is 4.40 Å². The van der Waals surface area contributed by atoms with E-state index >= 15 is 0 Å². The second-order valence-electron chi connectivity index (χ2n) is 6.92. The van der Waals surface area contributed by atoms with Crippen molar-refractivity contribution in [1.29, 1.82) is 0 Å². The quantitative estimate of drug-likeness (QED) is 0.696. The molecule has 3 heterocycles. The Hall–Kier alpha value is -2.52. The Balaban J connectivity index is 1.45. The van der Waals surface area contributed by atoms with Crippen LogP contribution < -0.4 is 10.0 Å². The second-order valence-corrected chi connectivity index (χ2v) is 8.70. The first-order valence-electron chi connectivity index (χ1n) is 8.97. The first kappa shape index (κ1) is 17.9. The molecular formula is C18H22N6O2S. The highest BCUT2D eigenvalue weighted by atomic mass is 32.2. The van der Waals surface area contributed by atoms with Crippen LogP contribution in [-0.4, -0.2) is 46.1 Å². The minimum Gasteiger partial charge on any atom is -0.351 e. The van der Waals surface area contributed by atoms with Gasteiger partial charge in [-0.25, -0.2) is 28.1 Å². The maximum Gasteiger partial charge on any atom is 0.223 e. The average Bonchev–Trinajstić information content (AvgIpc) is 3.07. The number of anilines is 1. The standard InChI is InChI=1S/C18H22N6O2S/c1-27(25,26)23-14-7-5-13(6-8-14)21-18-19-10-9-15(22-18)16-12-20-17-4-2-3-11-24(16)17/h2-4,9-14,23H,5-8H2,1H3,(H,19,21,22)/t13-,14-. The molecule has 4 rings (SSSR count). The fraction of sp³-hybridized carbons (Fsp3) is 0.389.